The highest BCUT2D eigenvalue weighted by atomic mass is 35.5. The SMILES string of the molecule is Nc1ccc(Cl)c(OCc2ccc3ccccc3n2)c1. The minimum Gasteiger partial charge on any atom is -0.486 e. The fourth-order valence-corrected chi connectivity index (χ4v) is 2.14. The molecule has 0 fully saturated rings. The maximum Gasteiger partial charge on any atom is 0.140 e. The van der Waals surface area contributed by atoms with Gasteiger partial charge in [-0.05, 0) is 24.3 Å². The Morgan fingerprint density at radius 2 is 1.90 bits per heavy atom. The predicted molar refractivity (Wildman–Crippen MR) is 81.9 cm³/mol. The molecule has 0 atom stereocenters. The Bertz CT molecular complexity index is 758. The number of nitrogen functional groups attached to an aromatic ring is 1. The van der Waals surface area contributed by atoms with Gasteiger partial charge in [0.05, 0.1) is 16.2 Å². The van der Waals surface area contributed by atoms with Gasteiger partial charge in [0.2, 0.25) is 0 Å². The summed E-state index contributed by atoms with van der Waals surface area (Å²) < 4.78 is 5.68. The van der Waals surface area contributed by atoms with Crippen molar-refractivity contribution in [3.63, 3.8) is 0 Å². The Kier molecular flexibility index (Phi) is 3.44. The third kappa shape index (κ3) is 2.68. The Hall–Kier alpha value is -2.26. The van der Waals surface area contributed by atoms with Gasteiger partial charge in [0.1, 0.15) is 12.4 Å². The molecule has 0 unspecified atom stereocenters. The summed E-state index contributed by atoms with van der Waals surface area (Å²) in [6.45, 7) is 0.355. The van der Waals surface area contributed by atoms with Crippen molar-refractivity contribution in [3.05, 3.63) is 65.3 Å². The van der Waals surface area contributed by atoms with Crippen LogP contribution in [0.1, 0.15) is 5.69 Å². The number of ether oxygens (including phenoxy) is 1. The summed E-state index contributed by atoms with van der Waals surface area (Å²) >= 11 is 6.06. The molecule has 0 saturated heterocycles. The molecule has 0 bridgehead atoms. The number of nitrogens with two attached hydrogens (primary N) is 1. The second-order valence-corrected chi connectivity index (χ2v) is 4.88. The number of halogens is 1. The van der Waals surface area contributed by atoms with Gasteiger partial charge in [0.25, 0.3) is 0 Å². The average Bonchev–Trinajstić information content (AvgIpc) is 2.48. The zero-order chi connectivity index (χ0) is 13.9. The van der Waals surface area contributed by atoms with Gasteiger partial charge in [0.15, 0.2) is 0 Å². The number of anilines is 1. The molecule has 3 aromatic rings. The molecule has 0 radical (unpaired) electrons. The highest BCUT2D eigenvalue weighted by Crippen LogP contribution is 2.27. The van der Waals surface area contributed by atoms with E-state index < -0.39 is 0 Å². The maximum atomic E-state index is 6.06. The van der Waals surface area contributed by atoms with Crippen LogP contribution in [0.25, 0.3) is 10.9 Å². The van der Waals surface area contributed by atoms with Crippen LogP contribution in [0.4, 0.5) is 5.69 Å². The monoisotopic (exact) mass is 284 g/mol. The van der Waals surface area contributed by atoms with E-state index in [1.807, 2.05) is 36.4 Å². The number of hydrogen-bond acceptors (Lipinski definition) is 3. The molecule has 4 heteroatoms. The van der Waals surface area contributed by atoms with Crippen LogP contribution in [0.3, 0.4) is 0 Å². The van der Waals surface area contributed by atoms with Crippen LogP contribution in [-0.4, -0.2) is 4.98 Å². The molecular formula is C16H13ClN2O. The lowest BCUT2D eigenvalue weighted by Gasteiger charge is -2.09. The quantitative estimate of drug-likeness (QED) is 0.738. The first-order valence-electron chi connectivity index (χ1n) is 6.25. The normalized spacial score (nSPS) is 10.7. The Morgan fingerprint density at radius 3 is 2.80 bits per heavy atom. The van der Waals surface area contributed by atoms with Crippen molar-refractivity contribution in [2.45, 2.75) is 6.61 Å². The van der Waals surface area contributed by atoms with E-state index >= 15 is 0 Å². The first-order valence-corrected chi connectivity index (χ1v) is 6.63. The van der Waals surface area contributed by atoms with E-state index in [1.54, 1.807) is 18.2 Å². The number of pyridine rings is 1. The fourth-order valence-electron chi connectivity index (χ4n) is 1.97. The number of fused-ring (bicyclic) bond motifs is 1. The van der Waals surface area contributed by atoms with E-state index in [2.05, 4.69) is 4.98 Å². The van der Waals surface area contributed by atoms with Crippen LogP contribution < -0.4 is 10.5 Å². The molecule has 0 amide bonds. The first-order chi connectivity index (χ1) is 9.72. The lowest BCUT2D eigenvalue weighted by molar-refractivity contribution is 0.302. The Morgan fingerprint density at radius 1 is 1.05 bits per heavy atom. The molecule has 0 spiro atoms. The molecule has 2 N–H and O–H groups in total. The van der Waals surface area contributed by atoms with E-state index in [0.717, 1.165) is 16.6 Å². The largest absolute Gasteiger partial charge is 0.486 e. The van der Waals surface area contributed by atoms with Crippen LogP contribution >= 0.6 is 11.6 Å². The van der Waals surface area contributed by atoms with Crippen molar-refractivity contribution in [2.75, 3.05) is 5.73 Å². The van der Waals surface area contributed by atoms with Gasteiger partial charge in [-0.2, -0.15) is 0 Å². The van der Waals surface area contributed by atoms with Crippen molar-refractivity contribution in [1.82, 2.24) is 4.98 Å². The lowest BCUT2D eigenvalue weighted by Crippen LogP contribution is -1.99. The van der Waals surface area contributed by atoms with Crippen molar-refractivity contribution in [1.29, 1.82) is 0 Å². The Labute approximate surface area is 122 Å². The fraction of sp³-hybridized carbons (Fsp3) is 0.0625. The Balaban J connectivity index is 1.81. The highest BCUT2D eigenvalue weighted by molar-refractivity contribution is 6.32. The highest BCUT2D eigenvalue weighted by Gasteiger charge is 2.04. The smallest absolute Gasteiger partial charge is 0.140 e. The van der Waals surface area contributed by atoms with Crippen LogP contribution in [0.2, 0.25) is 5.02 Å². The average molecular weight is 285 g/mol. The molecule has 3 rings (SSSR count). The standard InChI is InChI=1S/C16H13ClN2O/c17-14-8-6-12(18)9-16(14)20-10-13-7-5-11-3-1-2-4-15(11)19-13/h1-9H,10,18H2. The van der Waals surface area contributed by atoms with Crippen molar-refractivity contribution < 1.29 is 4.74 Å². The van der Waals surface area contributed by atoms with Crippen LogP contribution in [0.15, 0.2) is 54.6 Å². The van der Waals surface area contributed by atoms with Gasteiger partial charge in [0, 0.05) is 17.1 Å². The van der Waals surface area contributed by atoms with Gasteiger partial charge in [-0.3, -0.25) is 0 Å². The summed E-state index contributed by atoms with van der Waals surface area (Å²) in [5.41, 5.74) is 8.14. The number of hydrogen-bond donors (Lipinski definition) is 1. The van der Waals surface area contributed by atoms with E-state index in [0.29, 0.717) is 23.1 Å². The van der Waals surface area contributed by atoms with Crippen LogP contribution in [-0.2, 0) is 6.61 Å². The van der Waals surface area contributed by atoms with Gasteiger partial charge in [-0.15, -0.1) is 0 Å². The topological polar surface area (TPSA) is 48.1 Å². The number of aromatic nitrogens is 1. The van der Waals surface area contributed by atoms with E-state index in [4.69, 9.17) is 22.1 Å². The summed E-state index contributed by atoms with van der Waals surface area (Å²) in [5.74, 6) is 0.571. The van der Waals surface area contributed by atoms with Crippen molar-refractivity contribution in [3.8, 4) is 5.75 Å². The molecule has 3 nitrogen and oxygen atoms in total. The van der Waals surface area contributed by atoms with Gasteiger partial charge in [-0.25, -0.2) is 4.98 Å². The van der Waals surface area contributed by atoms with Crippen molar-refractivity contribution in [2.24, 2.45) is 0 Å². The molecule has 0 aliphatic rings. The van der Waals surface area contributed by atoms with Gasteiger partial charge >= 0.3 is 0 Å². The zero-order valence-corrected chi connectivity index (χ0v) is 11.5. The number of benzene rings is 2. The molecule has 100 valence electrons. The summed E-state index contributed by atoms with van der Waals surface area (Å²) in [6, 6.07) is 17.1. The second kappa shape index (κ2) is 5.39. The molecule has 20 heavy (non-hydrogen) atoms. The first kappa shape index (κ1) is 12.8. The zero-order valence-electron chi connectivity index (χ0n) is 10.7. The predicted octanol–water partition coefficient (Wildman–Crippen LogP) is 4.05. The van der Waals surface area contributed by atoms with Crippen molar-refractivity contribution >= 4 is 28.2 Å². The van der Waals surface area contributed by atoms with Crippen LogP contribution in [0.5, 0.6) is 5.75 Å². The summed E-state index contributed by atoms with van der Waals surface area (Å²) in [5, 5.41) is 1.65. The number of nitrogens with zero attached hydrogens (tertiary/aromatic N) is 1. The molecule has 2 aromatic carbocycles. The van der Waals surface area contributed by atoms with E-state index in [1.165, 1.54) is 0 Å². The molecule has 1 aromatic heterocycles. The molecule has 1 heterocycles. The third-order valence-electron chi connectivity index (χ3n) is 2.99. The molecule has 0 aliphatic carbocycles. The van der Waals surface area contributed by atoms with E-state index in [9.17, 15) is 0 Å². The minimum absolute atomic E-state index is 0.355. The van der Waals surface area contributed by atoms with E-state index in [-0.39, 0.29) is 0 Å². The summed E-state index contributed by atoms with van der Waals surface area (Å²) in [4.78, 5) is 4.54. The molecular weight excluding hydrogens is 272 g/mol. The minimum atomic E-state index is 0.355. The molecule has 0 aliphatic heterocycles. The maximum absolute atomic E-state index is 6.06. The van der Waals surface area contributed by atoms with Gasteiger partial charge < -0.3 is 10.5 Å². The number of para-hydroxylation sites is 1. The third-order valence-corrected chi connectivity index (χ3v) is 3.30. The summed E-state index contributed by atoms with van der Waals surface area (Å²) in [6.07, 6.45) is 0. The van der Waals surface area contributed by atoms with Gasteiger partial charge in [-0.1, -0.05) is 35.9 Å². The second-order valence-electron chi connectivity index (χ2n) is 4.47. The summed E-state index contributed by atoms with van der Waals surface area (Å²) in [7, 11) is 0. The molecule has 0 saturated carbocycles. The number of rotatable bonds is 3. The van der Waals surface area contributed by atoms with Crippen LogP contribution in [0, 0.1) is 0 Å². The lowest BCUT2D eigenvalue weighted by atomic mass is 10.2.